The number of carbonyl (C=O) groups is 1. The molecule has 0 saturated carbocycles. The van der Waals surface area contributed by atoms with Gasteiger partial charge in [-0.25, -0.2) is 4.98 Å². The molecule has 0 spiro atoms. The second-order valence-electron chi connectivity index (χ2n) is 7.21. The number of aromatic nitrogens is 1. The second-order valence-corrected chi connectivity index (χ2v) is 8.07. The Hall–Kier alpha value is -1.97. The monoisotopic (exact) mass is 429 g/mol. The summed E-state index contributed by atoms with van der Waals surface area (Å²) in [5.74, 6) is -0.894. The predicted molar refractivity (Wildman–Crippen MR) is 107 cm³/mol. The number of thiazole rings is 1. The Morgan fingerprint density at radius 1 is 1.28 bits per heavy atom. The van der Waals surface area contributed by atoms with Gasteiger partial charge < -0.3 is 15.3 Å². The van der Waals surface area contributed by atoms with Crippen molar-refractivity contribution in [2.75, 3.05) is 20.6 Å². The maximum atomic E-state index is 13.6. The molecule has 2 N–H and O–H groups in total. The molecule has 2 unspecified atom stereocenters. The topological polar surface area (TPSA) is 65.5 Å². The smallest absolute Gasteiger partial charge is 0.374 e. The van der Waals surface area contributed by atoms with Crippen LogP contribution in [0.25, 0.3) is 0 Å². The highest BCUT2D eigenvalue weighted by atomic mass is 32.1. The number of amides is 1. The van der Waals surface area contributed by atoms with Gasteiger partial charge in [-0.2, -0.15) is 13.2 Å². The first-order valence-electron chi connectivity index (χ1n) is 9.21. The van der Waals surface area contributed by atoms with E-state index in [0.29, 0.717) is 17.0 Å². The van der Waals surface area contributed by atoms with Crippen LogP contribution in [0.5, 0.6) is 0 Å². The van der Waals surface area contributed by atoms with Crippen LogP contribution in [-0.2, 0) is 16.8 Å². The fourth-order valence-electron chi connectivity index (χ4n) is 2.92. The Morgan fingerprint density at radius 2 is 1.90 bits per heavy atom. The zero-order valence-electron chi connectivity index (χ0n) is 16.9. The second kappa shape index (κ2) is 9.23. The van der Waals surface area contributed by atoms with Crippen LogP contribution < -0.4 is 5.32 Å². The number of benzene rings is 1. The Morgan fingerprint density at radius 3 is 2.34 bits per heavy atom. The van der Waals surface area contributed by atoms with Gasteiger partial charge in [0.2, 0.25) is 11.5 Å². The number of rotatable bonds is 8. The van der Waals surface area contributed by atoms with Gasteiger partial charge in [-0.3, -0.25) is 4.79 Å². The number of aryl methyl sites for hydroxylation is 2. The number of likely N-dealkylation sites (N-methyl/N-ethyl adjacent to an activating group) is 1. The normalized spacial score (nSPS) is 15.2. The van der Waals surface area contributed by atoms with E-state index in [1.54, 1.807) is 0 Å². The Kier molecular flexibility index (Phi) is 7.42. The van der Waals surface area contributed by atoms with Crippen molar-refractivity contribution in [2.45, 2.75) is 44.5 Å². The highest BCUT2D eigenvalue weighted by Gasteiger charge is 2.58. The van der Waals surface area contributed by atoms with Crippen molar-refractivity contribution in [1.82, 2.24) is 15.2 Å². The summed E-state index contributed by atoms with van der Waals surface area (Å²) in [7, 11) is 3.66. The van der Waals surface area contributed by atoms with Crippen molar-refractivity contribution in [3.8, 4) is 0 Å². The molecule has 0 aliphatic heterocycles. The van der Waals surface area contributed by atoms with Crippen LogP contribution in [0, 0.1) is 6.92 Å². The van der Waals surface area contributed by atoms with Crippen LogP contribution in [0.4, 0.5) is 13.2 Å². The van der Waals surface area contributed by atoms with Crippen LogP contribution in [0.2, 0.25) is 0 Å². The van der Waals surface area contributed by atoms with E-state index in [-0.39, 0.29) is 12.6 Å². The molecule has 1 aromatic heterocycles. The summed E-state index contributed by atoms with van der Waals surface area (Å²) in [5.41, 5.74) is -0.846. The van der Waals surface area contributed by atoms with Gasteiger partial charge in [0.15, 0.2) is 0 Å². The number of hydrogen-bond acceptors (Lipinski definition) is 5. The first-order chi connectivity index (χ1) is 13.5. The van der Waals surface area contributed by atoms with E-state index < -0.39 is 29.1 Å². The summed E-state index contributed by atoms with van der Waals surface area (Å²) in [4.78, 5) is 18.0. The first-order valence-corrected chi connectivity index (χ1v) is 10.1. The highest BCUT2D eigenvalue weighted by molar-refractivity contribution is 7.09. The molecule has 9 heteroatoms. The molecular weight excluding hydrogens is 403 g/mol. The Balaban J connectivity index is 2.12. The summed E-state index contributed by atoms with van der Waals surface area (Å²) in [6, 6.07) is 7.65. The summed E-state index contributed by atoms with van der Waals surface area (Å²) in [5, 5.41) is 13.7. The van der Waals surface area contributed by atoms with Crippen molar-refractivity contribution in [3.63, 3.8) is 0 Å². The molecule has 0 aliphatic carbocycles. The van der Waals surface area contributed by atoms with E-state index in [2.05, 4.69) is 10.3 Å². The number of halogens is 3. The van der Waals surface area contributed by atoms with E-state index in [1.807, 2.05) is 50.2 Å². The molecule has 29 heavy (non-hydrogen) atoms. The number of aliphatic hydroxyl groups is 1. The van der Waals surface area contributed by atoms with Crippen LogP contribution in [0.15, 0.2) is 29.6 Å². The molecule has 0 fully saturated rings. The van der Waals surface area contributed by atoms with Crippen molar-refractivity contribution in [2.24, 2.45) is 0 Å². The summed E-state index contributed by atoms with van der Waals surface area (Å²) < 4.78 is 40.7. The lowest BCUT2D eigenvalue weighted by molar-refractivity contribution is -0.267. The molecule has 160 valence electrons. The average molecular weight is 430 g/mol. The molecule has 1 heterocycles. The van der Waals surface area contributed by atoms with E-state index in [1.165, 1.54) is 17.9 Å². The number of alkyl halides is 3. The van der Waals surface area contributed by atoms with Crippen LogP contribution in [0.3, 0.4) is 0 Å². The maximum Gasteiger partial charge on any atom is 0.424 e. The third-order valence-corrected chi connectivity index (χ3v) is 5.86. The zero-order valence-corrected chi connectivity index (χ0v) is 17.7. The van der Waals surface area contributed by atoms with E-state index in [9.17, 15) is 23.1 Å². The van der Waals surface area contributed by atoms with Gasteiger partial charge in [0.25, 0.3) is 0 Å². The molecule has 0 bridgehead atoms. The fourth-order valence-corrected chi connectivity index (χ4v) is 3.83. The average Bonchev–Trinajstić information content (AvgIpc) is 3.08. The third-order valence-electron chi connectivity index (χ3n) is 4.75. The van der Waals surface area contributed by atoms with Gasteiger partial charge in [-0.15, -0.1) is 11.3 Å². The molecular formula is C20H26F3N3O2S. The summed E-state index contributed by atoms with van der Waals surface area (Å²) >= 11 is 0.686. The van der Waals surface area contributed by atoms with Crippen LogP contribution >= 0.6 is 11.3 Å². The lowest BCUT2D eigenvalue weighted by Crippen LogP contribution is -2.47. The lowest BCUT2D eigenvalue weighted by atomic mass is 9.98. The summed E-state index contributed by atoms with van der Waals surface area (Å²) in [6.45, 7) is 3.69. The van der Waals surface area contributed by atoms with Crippen molar-refractivity contribution >= 4 is 17.2 Å². The zero-order chi connectivity index (χ0) is 21.8. The minimum atomic E-state index is -5.02. The van der Waals surface area contributed by atoms with Crippen LogP contribution in [0.1, 0.15) is 41.2 Å². The van der Waals surface area contributed by atoms with Gasteiger partial charge in [-0.05, 0) is 38.6 Å². The molecule has 2 aromatic rings. The standard InChI is InChI=1S/C20H26F3N3O2S/c1-5-14-6-8-15(9-7-14)16(26(3)4)11-24-17(27)10-19(28,20(21,22)23)18-25-13(2)12-29-18/h6-9,12,16,28H,5,10-11H2,1-4H3,(H,24,27). The lowest BCUT2D eigenvalue weighted by Gasteiger charge is -2.29. The van der Waals surface area contributed by atoms with Crippen molar-refractivity contribution in [1.29, 1.82) is 0 Å². The van der Waals surface area contributed by atoms with Crippen molar-refractivity contribution in [3.05, 3.63) is 51.5 Å². The first kappa shape index (κ1) is 23.3. The van der Waals surface area contributed by atoms with Gasteiger partial charge in [0.1, 0.15) is 5.01 Å². The molecule has 1 amide bonds. The summed E-state index contributed by atoms with van der Waals surface area (Å²) in [6.07, 6.45) is -5.26. The molecule has 0 radical (unpaired) electrons. The molecule has 2 atom stereocenters. The van der Waals surface area contributed by atoms with Gasteiger partial charge >= 0.3 is 6.18 Å². The third kappa shape index (κ3) is 5.55. The maximum absolute atomic E-state index is 13.6. The molecule has 0 saturated heterocycles. The minimum absolute atomic E-state index is 0.113. The molecule has 0 aliphatic rings. The molecule has 2 rings (SSSR count). The van der Waals surface area contributed by atoms with Crippen LogP contribution in [-0.4, -0.2) is 47.7 Å². The number of carbonyl (C=O) groups excluding carboxylic acids is 1. The Labute approximate surface area is 172 Å². The SMILES string of the molecule is CCc1ccc(C(CNC(=O)CC(O)(c2nc(C)cs2)C(F)(F)F)N(C)C)cc1. The minimum Gasteiger partial charge on any atom is -0.374 e. The molecule has 5 nitrogen and oxygen atoms in total. The number of nitrogens with one attached hydrogen (secondary N) is 1. The van der Waals surface area contributed by atoms with E-state index in [4.69, 9.17) is 0 Å². The fraction of sp³-hybridized carbons (Fsp3) is 0.500. The highest BCUT2D eigenvalue weighted by Crippen LogP contribution is 2.42. The van der Waals surface area contributed by atoms with Gasteiger partial charge in [-0.1, -0.05) is 31.2 Å². The van der Waals surface area contributed by atoms with E-state index >= 15 is 0 Å². The Bertz CT molecular complexity index is 821. The number of hydrogen-bond donors (Lipinski definition) is 2. The quantitative estimate of drug-likeness (QED) is 0.673. The van der Waals surface area contributed by atoms with E-state index in [0.717, 1.165) is 12.0 Å². The van der Waals surface area contributed by atoms with Gasteiger partial charge in [0, 0.05) is 17.6 Å². The van der Waals surface area contributed by atoms with Crippen molar-refractivity contribution < 1.29 is 23.1 Å². The largest absolute Gasteiger partial charge is 0.424 e. The molecule has 1 aromatic carbocycles. The predicted octanol–water partition coefficient (Wildman–Crippen LogP) is 3.57. The number of nitrogens with zero attached hydrogens (tertiary/aromatic N) is 2. The van der Waals surface area contributed by atoms with Gasteiger partial charge in [0.05, 0.1) is 12.5 Å².